The second-order valence-electron chi connectivity index (χ2n) is 10.4. The van der Waals surface area contributed by atoms with Crippen LogP contribution in [0.1, 0.15) is 57.9 Å². The van der Waals surface area contributed by atoms with Crippen LogP contribution in [-0.2, 0) is 10.2 Å². The number of benzene rings is 2. The molecule has 2 aliphatic rings. The van der Waals surface area contributed by atoms with Crippen LogP contribution in [0.15, 0.2) is 48.5 Å². The Labute approximate surface area is 204 Å². The molecule has 1 N–H and O–H groups in total. The van der Waals surface area contributed by atoms with Gasteiger partial charge < -0.3 is 14.8 Å². The minimum atomic E-state index is -0.484. The number of nitrogens with zero attached hydrogens (tertiary/aromatic N) is 1. The van der Waals surface area contributed by atoms with Gasteiger partial charge in [-0.25, -0.2) is 0 Å². The van der Waals surface area contributed by atoms with Crippen molar-refractivity contribution in [1.29, 1.82) is 0 Å². The zero-order chi connectivity index (χ0) is 24.0. The van der Waals surface area contributed by atoms with E-state index in [2.05, 4.69) is 24.1 Å². The van der Waals surface area contributed by atoms with E-state index in [1.165, 1.54) is 12.8 Å². The Morgan fingerprint density at radius 1 is 0.941 bits per heavy atom. The Hall–Kier alpha value is -2.53. The highest BCUT2D eigenvalue weighted by atomic mass is 16.5. The summed E-state index contributed by atoms with van der Waals surface area (Å²) in [6.07, 6.45) is 6.40. The number of carbonyl (C=O) groups excluding carboxylic acids is 1. The van der Waals surface area contributed by atoms with E-state index in [4.69, 9.17) is 9.47 Å². The lowest BCUT2D eigenvalue weighted by Gasteiger charge is -2.36. The molecule has 1 aliphatic heterocycles. The summed E-state index contributed by atoms with van der Waals surface area (Å²) in [7, 11) is 1.67. The fourth-order valence-electron chi connectivity index (χ4n) is 5.86. The Balaban J connectivity index is 1.35. The Morgan fingerprint density at radius 2 is 1.56 bits per heavy atom. The van der Waals surface area contributed by atoms with E-state index in [1.54, 1.807) is 7.11 Å². The van der Waals surface area contributed by atoms with E-state index in [0.29, 0.717) is 6.61 Å². The molecule has 0 radical (unpaired) electrons. The number of hydrogen-bond donors (Lipinski definition) is 1. The van der Waals surface area contributed by atoms with Gasteiger partial charge in [0.15, 0.2) is 0 Å². The van der Waals surface area contributed by atoms with Crippen LogP contribution in [0, 0.1) is 11.8 Å². The molecule has 2 unspecified atom stereocenters. The molecule has 1 aliphatic carbocycles. The van der Waals surface area contributed by atoms with Crippen molar-refractivity contribution in [3.8, 4) is 11.5 Å². The van der Waals surface area contributed by atoms with Crippen molar-refractivity contribution in [2.75, 3.05) is 38.7 Å². The number of nitrogens with one attached hydrogen (secondary N) is 1. The van der Waals surface area contributed by atoms with Crippen LogP contribution in [0.5, 0.6) is 11.5 Å². The van der Waals surface area contributed by atoms with Crippen LogP contribution in [-0.4, -0.2) is 44.2 Å². The van der Waals surface area contributed by atoms with Gasteiger partial charge in [0.2, 0.25) is 5.91 Å². The van der Waals surface area contributed by atoms with E-state index in [1.807, 2.05) is 48.5 Å². The topological polar surface area (TPSA) is 50.8 Å². The molecule has 0 bridgehead atoms. The van der Waals surface area contributed by atoms with Crippen molar-refractivity contribution in [2.45, 2.75) is 57.8 Å². The van der Waals surface area contributed by atoms with Gasteiger partial charge in [-0.1, -0.05) is 45.2 Å². The summed E-state index contributed by atoms with van der Waals surface area (Å²) >= 11 is 0. The molecule has 2 fully saturated rings. The van der Waals surface area contributed by atoms with Crippen molar-refractivity contribution in [3.05, 3.63) is 54.1 Å². The molecule has 5 heteroatoms. The maximum atomic E-state index is 13.6. The van der Waals surface area contributed by atoms with E-state index in [0.717, 1.165) is 79.9 Å². The minimum Gasteiger partial charge on any atom is -0.497 e. The smallest absolute Gasteiger partial charge is 0.235 e. The number of likely N-dealkylation sites (tertiary alicyclic amines) is 1. The number of hydrogen-bond acceptors (Lipinski definition) is 4. The van der Waals surface area contributed by atoms with E-state index >= 15 is 0 Å². The van der Waals surface area contributed by atoms with Crippen LogP contribution in [0.3, 0.4) is 0 Å². The molecule has 5 nitrogen and oxygen atoms in total. The van der Waals surface area contributed by atoms with Crippen LogP contribution in [0.2, 0.25) is 0 Å². The van der Waals surface area contributed by atoms with E-state index in [-0.39, 0.29) is 5.91 Å². The summed E-state index contributed by atoms with van der Waals surface area (Å²) in [5, 5.41) is 3.19. The fourth-order valence-corrected chi connectivity index (χ4v) is 5.86. The van der Waals surface area contributed by atoms with Gasteiger partial charge in [0.25, 0.3) is 0 Å². The number of rotatable bonds is 8. The molecule has 1 amide bonds. The molecule has 2 atom stereocenters. The number of anilines is 1. The predicted octanol–water partition coefficient (Wildman–Crippen LogP) is 5.89. The summed E-state index contributed by atoms with van der Waals surface area (Å²) < 4.78 is 11.3. The van der Waals surface area contributed by atoms with Gasteiger partial charge in [0.05, 0.1) is 12.5 Å². The third-order valence-corrected chi connectivity index (χ3v) is 7.52. The van der Waals surface area contributed by atoms with Gasteiger partial charge >= 0.3 is 0 Å². The molecule has 0 aromatic heterocycles. The third kappa shape index (κ3) is 5.93. The third-order valence-electron chi connectivity index (χ3n) is 7.52. The van der Waals surface area contributed by atoms with Crippen LogP contribution in [0.25, 0.3) is 0 Å². The fraction of sp³-hybridized carbons (Fsp3) is 0.552. The minimum absolute atomic E-state index is 0.0828. The number of amides is 1. The zero-order valence-corrected chi connectivity index (χ0v) is 21.0. The first-order chi connectivity index (χ1) is 16.5. The lowest BCUT2D eigenvalue weighted by atomic mass is 9.68. The molecule has 1 saturated carbocycles. The van der Waals surface area contributed by atoms with Crippen LogP contribution < -0.4 is 14.8 Å². The normalized spacial score (nSPS) is 22.7. The van der Waals surface area contributed by atoms with Crippen molar-refractivity contribution in [2.24, 2.45) is 11.8 Å². The monoisotopic (exact) mass is 464 g/mol. The number of ether oxygens (including phenoxy) is 2. The van der Waals surface area contributed by atoms with Crippen molar-refractivity contribution >= 4 is 11.6 Å². The first kappa shape index (κ1) is 24.6. The SMILES string of the molecule is COc1ccc(C2(C(=O)Nc3ccc(OCCN4CC(C)CC(C)C4)cc3)CCCCC2)cc1. The van der Waals surface area contributed by atoms with Crippen molar-refractivity contribution in [3.63, 3.8) is 0 Å². The highest BCUT2D eigenvalue weighted by molar-refractivity contribution is 5.99. The van der Waals surface area contributed by atoms with E-state index < -0.39 is 5.41 Å². The predicted molar refractivity (Wildman–Crippen MR) is 138 cm³/mol. The highest BCUT2D eigenvalue weighted by Gasteiger charge is 2.41. The molecular formula is C29H40N2O3. The summed E-state index contributed by atoms with van der Waals surface area (Å²) in [6, 6.07) is 15.8. The zero-order valence-electron chi connectivity index (χ0n) is 21.0. The standard InChI is InChI=1S/C29H40N2O3/c1-22-19-23(2)21-31(20-22)17-18-34-27-13-9-25(10-14-27)30-28(32)29(15-5-4-6-16-29)24-7-11-26(33-3)12-8-24/h7-14,22-23H,4-6,15-21H2,1-3H3,(H,30,32). The van der Waals surface area contributed by atoms with E-state index in [9.17, 15) is 4.79 Å². The second-order valence-corrected chi connectivity index (χ2v) is 10.4. The highest BCUT2D eigenvalue weighted by Crippen LogP contribution is 2.41. The Kier molecular flexibility index (Phi) is 8.15. The Bertz CT molecular complexity index is 909. The molecule has 0 spiro atoms. The molecule has 4 rings (SSSR count). The van der Waals surface area contributed by atoms with Gasteiger partial charge in [-0.2, -0.15) is 0 Å². The quantitative estimate of drug-likeness (QED) is 0.529. The maximum absolute atomic E-state index is 13.6. The van der Waals surface area contributed by atoms with Crippen molar-refractivity contribution < 1.29 is 14.3 Å². The van der Waals surface area contributed by atoms with Gasteiger partial charge in [-0.15, -0.1) is 0 Å². The number of methoxy groups -OCH3 is 1. The van der Waals surface area contributed by atoms with Gasteiger partial charge in [0.1, 0.15) is 18.1 Å². The second kappa shape index (κ2) is 11.3. The van der Waals surface area contributed by atoms with Gasteiger partial charge in [-0.3, -0.25) is 9.69 Å². The van der Waals surface area contributed by atoms with Gasteiger partial charge in [-0.05, 0) is 73.1 Å². The lowest BCUT2D eigenvalue weighted by Crippen LogP contribution is -2.42. The average Bonchev–Trinajstić information content (AvgIpc) is 2.85. The Morgan fingerprint density at radius 3 is 2.18 bits per heavy atom. The molecule has 184 valence electrons. The molecule has 1 saturated heterocycles. The molecule has 2 aromatic rings. The largest absolute Gasteiger partial charge is 0.497 e. The van der Waals surface area contributed by atoms with Crippen LogP contribution >= 0.6 is 0 Å². The number of piperidine rings is 1. The molecule has 1 heterocycles. The average molecular weight is 465 g/mol. The lowest BCUT2D eigenvalue weighted by molar-refractivity contribution is -0.122. The molecule has 34 heavy (non-hydrogen) atoms. The van der Waals surface area contributed by atoms with Gasteiger partial charge in [0, 0.05) is 25.3 Å². The molecular weight excluding hydrogens is 424 g/mol. The summed E-state index contributed by atoms with van der Waals surface area (Å²) in [5.41, 5.74) is 1.41. The summed E-state index contributed by atoms with van der Waals surface area (Å²) in [5.74, 6) is 3.27. The summed E-state index contributed by atoms with van der Waals surface area (Å²) in [6.45, 7) is 8.64. The van der Waals surface area contributed by atoms with Crippen molar-refractivity contribution in [1.82, 2.24) is 4.90 Å². The molecule has 2 aromatic carbocycles. The first-order valence-corrected chi connectivity index (χ1v) is 12.9. The number of carbonyl (C=O) groups is 1. The first-order valence-electron chi connectivity index (χ1n) is 12.9. The maximum Gasteiger partial charge on any atom is 0.235 e. The van der Waals surface area contributed by atoms with Crippen LogP contribution in [0.4, 0.5) is 5.69 Å². The summed E-state index contributed by atoms with van der Waals surface area (Å²) in [4.78, 5) is 16.1.